The van der Waals surface area contributed by atoms with Gasteiger partial charge in [0.2, 0.25) is 0 Å². The van der Waals surface area contributed by atoms with Gasteiger partial charge in [-0.3, -0.25) is 0 Å². The Balaban J connectivity index is 2.94. The van der Waals surface area contributed by atoms with Crippen LogP contribution in [0, 0.1) is 5.92 Å². The van der Waals surface area contributed by atoms with Crippen LogP contribution in [0.3, 0.4) is 0 Å². The lowest BCUT2D eigenvalue weighted by molar-refractivity contribution is 0.486. The Morgan fingerprint density at radius 2 is 1.12 bits per heavy atom. The standard InChI is InChI=1S/C16H35N/c1-3-4-5-6-7-8-9-10-11-12-13-14-16(2)15-17/h16H,3-15,17H2,1-2H3. The Morgan fingerprint density at radius 3 is 1.53 bits per heavy atom. The molecule has 0 aliphatic carbocycles. The molecule has 0 fully saturated rings. The maximum absolute atomic E-state index is 5.60. The maximum Gasteiger partial charge on any atom is -0.00515 e. The van der Waals surface area contributed by atoms with Crippen molar-refractivity contribution in [1.29, 1.82) is 0 Å². The highest BCUT2D eigenvalue weighted by Crippen LogP contribution is 2.13. The van der Waals surface area contributed by atoms with Gasteiger partial charge in [0.1, 0.15) is 0 Å². The molecule has 0 aliphatic heterocycles. The number of hydrogen-bond acceptors (Lipinski definition) is 1. The molecule has 17 heavy (non-hydrogen) atoms. The summed E-state index contributed by atoms with van der Waals surface area (Å²) in [6.45, 7) is 5.40. The monoisotopic (exact) mass is 241 g/mol. The van der Waals surface area contributed by atoms with Gasteiger partial charge in [-0.05, 0) is 18.9 Å². The quantitative estimate of drug-likeness (QED) is 0.436. The fraction of sp³-hybridized carbons (Fsp3) is 1.00. The Kier molecular flexibility index (Phi) is 14.0. The molecule has 0 heterocycles. The van der Waals surface area contributed by atoms with E-state index in [1.165, 1.54) is 77.0 Å². The van der Waals surface area contributed by atoms with E-state index < -0.39 is 0 Å². The van der Waals surface area contributed by atoms with Crippen LogP contribution < -0.4 is 5.73 Å². The fourth-order valence-corrected chi connectivity index (χ4v) is 2.27. The number of hydrogen-bond donors (Lipinski definition) is 1. The normalized spacial score (nSPS) is 12.9. The minimum atomic E-state index is 0.730. The van der Waals surface area contributed by atoms with Crippen molar-refractivity contribution in [2.24, 2.45) is 11.7 Å². The van der Waals surface area contributed by atoms with E-state index in [0.29, 0.717) is 0 Å². The molecule has 0 spiro atoms. The largest absolute Gasteiger partial charge is 0.330 e. The average molecular weight is 241 g/mol. The topological polar surface area (TPSA) is 26.0 Å². The molecule has 1 nitrogen and oxygen atoms in total. The molecule has 0 radical (unpaired) electrons. The van der Waals surface area contributed by atoms with Crippen molar-refractivity contribution < 1.29 is 0 Å². The minimum absolute atomic E-state index is 0.730. The van der Waals surface area contributed by atoms with E-state index in [-0.39, 0.29) is 0 Å². The van der Waals surface area contributed by atoms with Gasteiger partial charge in [0.15, 0.2) is 0 Å². The van der Waals surface area contributed by atoms with Crippen LogP contribution in [0.5, 0.6) is 0 Å². The number of nitrogens with two attached hydrogens (primary N) is 1. The third-order valence-electron chi connectivity index (χ3n) is 3.70. The summed E-state index contributed by atoms with van der Waals surface area (Å²) in [6, 6.07) is 0. The Hall–Kier alpha value is -0.0400. The highest BCUT2D eigenvalue weighted by Gasteiger charge is 1.98. The first-order chi connectivity index (χ1) is 8.31. The van der Waals surface area contributed by atoms with Gasteiger partial charge >= 0.3 is 0 Å². The first kappa shape index (κ1) is 17.0. The zero-order chi connectivity index (χ0) is 12.8. The van der Waals surface area contributed by atoms with Crippen LogP contribution in [-0.2, 0) is 0 Å². The van der Waals surface area contributed by atoms with Gasteiger partial charge in [0.05, 0.1) is 0 Å². The summed E-state index contributed by atoms with van der Waals surface area (Å²) >= 11 is 0. The zero-order valence-corrected chi connectivity index (χ0v) is 12.3. The molecule has 0 aromatic heterocycles. The first-order valence-electron chi connectivity index (χ1n) is 8.01. The van der Waals surface area contributed by atoms with Gasteiger partial charge in [-0.15, -0.1) is 0 Å². The van der Waals surface area contributed by atoms with Gasteiger partial charge in [0.25, 0.3) is 0 Å². The SMILES string of the molecule is CCCCCCCCCCCCCC(C)CN. The second kappa shape index (κ2) is 14.0. The summed E-state index contributed by atoms with van der Waals surface area (Å²) in [4.78, 5) is 0. The van der Waals surface area contributed by atoms with Crippen molar-refractivity contribution in [3.05, 3.63) is 0 Å². The highest BCUT2D eigenvalue weighted by molar-refractivity contribution is 4.54. The molecule has 1 unspecified atom stereocenters. The van der Waals surface area contributed by atoms with E-state index in [9.17, 15) is 0 Å². The zero-order valence-electron chi connectivity index (χ0n) is 12.3. The Labute approximate surface area is 110 Å². The van der Waals surface area contributed by atoms with Crippen LogP contribution in [0.25, 0.3) is 0 Å². The van der Waals surface area contributed by atoms with Crippen molar-refractivity contribution in [3.8, 4) is 0 Å². The van der Waals surface area contributed by atoms with Crippen LogP contribution in [0.15, 0.2) is 0 Å². The van der Waals surface area contributed by atoms with Gasteiger partial charge in [0, 0.05) is 0 Å². The van der Waals surface area contributed by atoms with Crippen LogP contribution in [0.1, 0.15) is 90.9 Å². The van der Waals surface area contributed by atoms with Crippen molar-refractivity contribution >= 4 is 0 Å². The molecule has 0 saturated heterocycles. The van der Waals surface area contributed by atoms with Crippen molar-refractivity contribution in [2.45, 2.75) is 90.9 Å². The third kappa shape index (κ3) is 13.9. The molecule has 0 aromatic rings. The van der Waals surface area contributed by atoms with E-state index in [1.807, 2.05) is 0 Å². The van der Waals surface area contributed by atoms with E-state index in [0.717, 1.165) is 12.5 Å². The molecule has 0 bridgehead atoms. The third-order valence-corrected chi connectivity index (χ3v) is 3.70. The Morgan fingerprint density at radius 1 is 0.706 bits per heavy atom. The second-order valence-electron chi connectivity index (χ2n) is 5.67. The molecule has 0 aliphatic rings. The van der Waals surface area contributed by atoms with Gasteiger partial charge < -0.3 is 5.73 Å². The van der Waals surface area contributed by atoms with Crippen molar-refractivity contribution in [1.82, 2.24) is 0 Å². The number of unbranched alkanes of at least 4 members (excludes halogenated alkanes) is 10. The Bertz CT molecular complexity index is 133. The molecule has 0 rings (SSSR count). The molecule has 104 valence electrons. The van der Waals surface area contributed by atoms with Crippen LogP contribution in [0.2, 0.25) is 0 Å². The fourth-order valence-electron chi connectivity index (χ4n) is 2.27. The van der Waals surface area contributed by atoms with E-state index in [4.69, 9.17) is 5.73 Å². The molecule has 0 saturated carbocycles. The molecule has 1 atom stereocenters. The van der Waals surface area contributed by atoms with Crippen LogP contribution >= 0.6 is 0 Å². The lowest BCUT2D eigenvalue weighted by Gasteiger charge is -2.07. The average Bonchev–Trinajstić information content (AvgIpc) is 2.35. The van der Waals surface area contributed by atoms with E-state index in [2.05, 4.69) is 13.8 Å². The lowest BCUT2D eigenvalue weighted by Crippen LogP contribution is -2.10. The van der Waals surface area contributed by atoms with Crippen LogP contribution in [0.4, 0.5) is 0 Å². The minimum Gasteiger partial charge on any atom is -0.330 e. The lowest BCUT2D eigenvalue weighted by atomic mass is 10.0. The summed E-state index contributed by atoms with van der Waals surface area (Å²) in [7, 11) is 0. The second-order valence-corrected chi connectivity index (χ2v) is 5.67. The predicted molar refractivity (Wildman–Crippen MR) is 79.3 cm³/mol. The number of rotatable bonds is 13. The summed E-state index contributed by atoms with van der Waals surface area (Å²) in [6.07, 6.45) is 17.1. The molecular formula is C16H35N. The summed E-state index contributed by atoms with van der Waals surface area (Å²) in [5.74, 6) is 0.730. The van der Waals surface area contributed by atoms with Gasteiger partial charge in [-0.25, -0.2) is 0 Å². The summed E-state index contributed by atoms with van der Waals surface area (Å²) < 4.78 is 0. The molecule has 0 amide bonds. The van der Waals surface area contributed by atoms with Crippen molar-refractivity contribution in [2.75, 3.05) is 6.54 Å². The molecular weight excluding hydrogens is 206 g/mol. The van der Waals surface area contributed by atoms with Crippen LogP contribution in [-0.4, -0.2) is 6.54 Å². The summed E-state index contributed by atoms with van der Waals surface area (Å²) in [5, 5.41) is 0. The molecule has 0 aromatic carbocycles. The molecule has 2 N–H and O–H groups in total. The summed E-state index contributed by atoms with van der Waals surface area (Å²) in [5.41, 5.74) is 5.60. The van der Waals surface area contributed by atoms with E-state index in [1.54, 1.807) is 0 Å². The first-order valence-corrected chi connectivity index (χ1v) is 8.01. The maximum atomic E-state index is 5.60. The molecule has 1 heteroatoms. The van der Waals surface area contributed by atoms with Crippen molar-refractivity contribution in [3.63, 3.8) is 0 Å². The predicted octanol–water partition coefficient (Wildman–Crippen LogP) is 5.28. The van der Waals surface area contributed by atoms with Gasteiger partial charge in [-0.2, -0.15) is 0 Å². The van der Waals surface area contributed by atoms with E-state index >= 15 is 0 Å². The highest BCUT2D eigenvalue weighted by atomic mass is 14.5. The van der Waals surface area contributed by atoms with Gasteiger partial charge in [-0.1, -0.05) is 84.5 Å². The smallest absolute Gasteiger partial charge is 0.00515 e.